The van der Waals surface area contributed by atoms with Crippen LogP contribution in [0.15, 0.2) is 24.3 Å². The Balaban J connectivity index is 1.72. The predicted molar refractivity (Wildman–Crippen MR) is 84.4 cm³/mol. The van der Waals surface area contributed by atoms with Crippen LogP contribution in [0.5, 0.6) is 0 Å². The molecule has 2 heterocycles. The molecule has 1 aromatic carbocycles. The molecule has 0 spiro atoms. The lowest BCUT2D eigenvalue weighted by molar-refractivity contribution is 0.102. The standard InChI is InChI=1S/C15H18N4OS/c1-19-7-6-12-13(9-19)21-15(17-12)18-14(20)11-4-2-10(8-16)3-5-11/h2-5H,6-9,16H2,1H3,(H,17,18,20). The van der Waals surface area contributed by atoms with Gasteiger partial charge in [0.2, 0.25) is 0 Å². The highest BCUT2D eigenvalue weighted by Crippen LogP contribution is 2.27. The minimum atomic E-state index is -0.127. The predicted octanol–water partition coefficient (Wildman–Crippen LogP) is 1.84. The molecule has 0 aliphatic carbocycles. The van der Waals surface area contributed by atoms with Crippen LogP contribution in [0.3, 0.4) is 0 Å². The zero-order valence-corrected chi connectivity index (χ0v) is 12.7. The highest BCUT2D eigenvalue weighted by molar-refractivity contribution is 7.15. The Labute approximate surface area is 127 Å². The van der Waals surface area contributed by atoms with Gasteiger partial charge >= 0.3 is 0 Å². The molecule has 0 radical (unpaired) electrons. The van der Waals surface area contributed by atoms with E-state index < -0.39 is 0 Å². The van der Waals surface area contributed by atoms with E-state index in [2.05, 4.69) is 22.2 Å². The molecule has 0 bridgehead atoms. The Hall–Kier alpha value is -1.76. The van der Waals surface area contributed by atoms with Gasteiger partial charge < -0.3 is 10.6 Å². The number of amides is 1. The van der Waals surface area contributed by atoms with Gasteiger partial charge in [0, 0.05) is 36.5 Å². The average Bonchev–Trinajstić information content (AvgIpc) is 2.88. The number of benzene rings is 1. The number of nitrogens with two attached hydrogens (primary N) is 1. The fraction of sp³-hybridized carbons (Fsp3) is 0.333. The minimum Gasteiger partial charge on any atom is -0.326 e. The van der Waals surface area contributed by atoms with Crippen molar-refractivity contribution in [1.29, 1.82) is 0 Å². The molecular weight excluding hydrogens is 284 g/mol. The lowest BCUT2D eigenvalue weighted by Gasteiger charge is -2.20. The van der Waals surface area contributed by atoms with Crippen molar-refractivity contribution < 1.29 is 4.79 Å². The van der Waals surface area contributed by atoms with Crippen LogP contribution in [-0.4, -0.2) is 29.4 Å². The van der Waals surface area contributed by atoms with E-state index in [1.165, 1.54) is 4.88 Å². The molecule has 0 unspecified atom stereocenters. The molecule has 21 heavy (non-hydrogen) atoms. The van der Waals surface area contributed by atoms with Crippen molar-refractivity contribution in [3.8, 4) is 0 Å². The molecule has 5 nitrogen and oxygen atoms in total. The first-order valence-electron chi connectivity index (χ1n) is 6.93. The van der Waals surface area contributed by atoms with E-state index in [4.69, 9.17) is 5.73 Å². The summed E-state index contributed by atoms with van der Waals surface area (Å²) in [6.07, 6.45) is 0.948. The van der Waals surface area contributed by atoms with Crippen molar-refractivity contribution in [2.45, 2.75) is 19.5 Å². The van der Waals surface area contributed by atoms with Crippen LogP contribution in [0.2, 0.25) is 0 Å². The van der Waals surface area contributed by atoms with Gasteiger partial charge in [-0.3, -0.25) is 10.1 Å². The summed E-state index contributed by atoms with van der Waals surface area (Å²) in [7, 11) is 2.10. The van der Waals surface area contributed by atoms with Crippen LogP contribution in [0, 0.1) is 0 Å². The number of carbonyl (C=O) groups is 1. The number of carbonyl (C=O) groups excluding carboxylic acids is 1. The Morgan fingerprint density at radius 2 is 2.19 bits per heavy atom. The Bertz CT molecular complexity index is 650. The van der Waals surface area contributed by atoms with Crippen molar-refractivity contribution in [3.63, 3.8) is 0 Å². The molecule has 1 aromatic heterocycles. The van der Waals surface area contributed by atoms with Gasteiger partial charge in [0.05, 0.1) is 5.69 Å². The lowest BCUT2D eigenvalue weighted by atomic mass is 10.1. The van der Waals surface area contributed by atoms with Gasteiger partial charge in [-0.1, -0.05) is 12.1 Å². The Morgan fingerprint density at radius 3 is 2.90 bits per heavy atom. The second-order valence-electron chi connectivity index (χ2n) is 5.23. The zero-order chi connectivity index (χ0) is 14.8. The number of hydrogen-bond donors (Lipinski definition) is 2. The SMILES string of the molecule is CN1CCc2nc(NC(=O)c3ccc(CN)cc3)sc2C1. The fourth-order valence-corrected chi connectivity index (χ4v) is 3.42. The quantitative estimate of drug-likeness (QED) is 0.907. The molecule has 0 fully saturated rings. The number of hydrogen-bond acceptors (Lipinski definition) is 5. The van der Waals surface area contributed by atoms with Crippen molar-refractivity contribution in [2.75, 3.05) is 18.9 Å². The number of nitrogens with one attached hydrogen (secondary N) is 1. The number of likely N-dealkylation sites (N-methyl/N-ethyl adjacent to an activating group) is 1. The Morgan fingerprint density at radius 1 is 1.43 bits per heavy atom. The number of aromatic nitrogens is 1. The third-order valence-electron chi connectivity index (χ3n) is 3.59. The Kier molecular flexibility index (Phi) is 4.01. The van der Waals surface area contributed by atoms with Gasteiger partial charge in [0.15, 0.2) is 5.13 Å². The lowest BCUT2D eigenvalue weighted by Crippen LogP contribution is -2.25. The summed E-state index contributed by atoms with van der Waals surface area (Å²) in [5.74, 6) is -0.127. The first-order chi connectivity index (χ1) is 10.2. The van der Waals surface area contributed by atoms with Crippen molar-refractivity contribution >= 4 is 22.4 Å². The smallest absolute Gasteiger partial charge is 0.257 e. The average molecular weight is 302 g/mol. The van der Waals surface area contributed by atoms with Gasteiger partial charge in [0.25, 0.3) is 5.91 Å². The van der Waals surface area contributed by atoms with E-state index in [0.29, 0.717) is 17.2 Å². The molecule has 0 atom stereocenters. The molecule has 1 aliphatic rings. The summed E-state index contributed by atoms with van der Waals surface area (Å²) in [4.78, 5) is 20.2. The molecule has 6 heteroatoms. The van der Waals surface area contributed by atoms with E-state index in [1.54, 1.807) is 23.5 Å². The minimum absolute atomic E-state index is 0.127. The van der Waals surface area contributed by atoms with E-state index >= 15 is 0 Å². The largest absolute Gasteiger partial charge is 0.326 e. The number of thiazole rings is 1. The molecule has 2 aromatic rings. The number of nitrogens with zero attached hydrogens (tertiary/aromatic N) is 2. The molecule has 110 valence electrons. The van der Waals surface area contributed by atoms with Gasteiger partial charge in [-0.05, 0) is 24.7 Å². The first-order valence-corrected chi connectivity index (χ1v) is 7.75. The summed E-state index contributed by atoms with van der Waals surface area (Å²) in [6.45, 7) is 2.41. The maximum Gasteiger partial charge on any atom is 0.257 e. The highest BCUT2D eigenvalue weighted by atomic mass is 32.1. The van der Waals surface area contributed by atoms with Crippen LogP contribution >= 0.6 is 11.3 Å². The zero-order valence-electron chi connectivity index (χ0n) is 11.9. The van der Waals surface area contributed by atoms with E-state index in [0.717, 1.165) is 30.8 Å². The van der Waals surface area contributed by atoms with Crippen LogP contribution in [0.25, 0.3) is 0 Å². The second-order valence-corrected chi connectivity index (χ2v) is 6.32. The van der Waals surface area contributed by atoms with Crippen molar-refractivity contribution in [3.05, 3.63) is 46.0 Å². The van der Waals surface area contributed by atoms with Gasteiger partial charge in [-0.15, -0.1) is 11.3 Å². The maximum atomic E-state index is 12.2. The monoisotopic (exact) mass is 302 g/mol. The molecule has 0 saturated carbocycles. The van der Waals surface area contributed by atoms with Crippen molar-refractivity contribution in [2.24, 2.45) is 5.73 Å². The number of rotatable bonds is 3. The third kappa shape index (κ3) is 3.12. The van der Waals surface area contributed by atoms with Crippen LogP contribution in [-0.2, 0) is 19.5 Å². The van der Waals surface area contributed by atoms with Gasteiger partial charge in [-0.2, -0.15) is 0 Å². The van der Waals surface area contributed by atoms with E-state index in [1.807, 2.05) is 12.1 Å². The number of fused-ring (bicyclic) bond motifs is 1. The maximum absolute atomic E-state index is 12.2. The first kappa shape index (κ1) is 14.2. The van der Waals surface area contributed by atoms with Crippen LogP contribution in [0.1, 0.15) is 26.5 Å². The summed E-state index contributed by atoms with van der Waals surface area (Å²) in [5.41, 5.74) is 8.31. The molecular formula is C15H18N4OS. The highest BCUT2D eigenvalue weighted by Gasteiger charge is 2.19. The van der Waals surface area contributed by atoms with E-state index in [-0.39, 0.29) is 5.91 Å². The second kappa shape index (κ2) is 5.93. The summed E-state index contributed by atoms with van der Waals surface area (Å²) < 4.78 is 0. The molecule has 1 aliphatic heterocycles. The summed E-state index contributed by atoms with van der Waals surface area (Å²) >= 11 is 1.57. The van der Waals surface area contributed by atoms with Crippen LogP contribution < -0.4 is 11.1 Å². The topological polar surface area (TPSA) is 71.2 Å². The van der Waals surface area contributed by atoms with Crippen LogP contribution in [0.4, 0.5) is 5.13 Å². The molecule has 3 rings (SSSR count). The third-order valence-corrected chi connectivity index (χ3v) is 4.59. The normalized spacial score (nSPS) is 14.8. The number of anilines is 1. The van der Waals surface area contributed by atoms with Gasteiger partial charge in [0.1, 0.15) is 0 Å². The van der Waals surface area contributed by atoms with Crippen molar-refractivity contribution in [1.82, 2.24) is 9.88 Å². The molecule has 0 saturated heterocycles. The summed E-state index contributed by atoms with van der Waals surface area (Å²) in [5, 5.41) is 3.57. The fourth-order valence-electron chi connectivity index (χ4n) is 2.34. The molecule has 1 amide bonds. The van der Waals surface area contributed by atoms with Gasteiger partial charge in [-0.25, -0.2) is 4.98 Å². The molecule has 3 N–H and O–H groups in total. The summed E-state index contributed by atoms with van der Waals surface area (Å²) in [6, 6.07) is 7.32. The van der Waals surface area contributed by atoms with E-state index in [9.17, 15) is 4.79 Å².